The van der Waals surface area contributed by atoms with Crippen LogP contribution in [-0.4, -0.2) is 6.29 Å². The first-order valence-corrected chi connectivity index (χ1v) is 6.24. The highest BCUT2D eigenvalue weighted by Gasteiger charge is 2.16. The molecular weight excluding hydrogens is 216 g/mol. The number of aryl methyl sites for hydroxylation is 1. The largest absolute Gasteiger partial charge is 0.298 e. The van der Waals surface area contributed by atoms with Gasteiger partial charge in [0.1, 0.15) is 0 Å². The third-order valence-electron chi connectivity index (χ3n) is 2.90. The third-order valence-corrected chi connectivity index (χ3v) is 4.00. The summed E-state index contributed by atoms with van der Waals surface area (Å²) in [5.41, 5.74) is 2.26. The van der Waals surface area contributed by atoms with Gasteiger partial charge in [0.25, 0.3) is 0 Å². The van der Waals surface area contributed by atoms with Gasteiger partial charge in [0.2, 0.25) is 0 Å². The smallest absolute Gasteiger partial charge is 0.151 e. The van der Waals surface area contributed by atoms with E-state index in [9.17, 15) is 4.79 Å². The summed E-state index contributed by atoms with van der Waals surface area (Å²) in [5, 5.41) is 1.10. The van der Waals surface area contributed by atoms with Crippen LogP contribution < -0.4 is 0 Å². The summed E-state index contributed by atoms with van der Waals surface area (Å²) in [6, 6.07) is 6.44. The minimum atomic E-state index is 0.129. The van der Waals surface area contributed by atoms with Gasteiger partial charge in [0, 0.05) is 20.5 Å². The molecule has 0 atom stereocenters. The van der Waals surface area contributed by atoms with Crippen molar-refractivity contribution in [1.82, 2.24) is 0 Å². The predicted molar refractivity (Wildman–Crippen MR) is 70.6 cm³/mol. The zero-order valence-electron chi connectivity index (χ0n) is 10.1. The van der Waals surface area contributed by atoms with Crippen molar-refractivity contribution in [2.75, 3.05) is 0 Å². The zero-order valence-corrected chi connectivity index (χ0v) is 10.9. The van der Waals surface area contributed by atoms with Crippen LogP contribution >= 0.6 is 11.3 Å². The SMILES string of the molecule is Cc1sc2ccc(C(C)(C)C)cc2c1C=O. The summed E-state index contributed by atoms with van der Waals surface area (Å²) in [4.78, 5) is 12.2. The normalized spacial score (nSPS) is 12.0. The van der Waals surface area contributed by atoms with Crippen LogP contribution in [0.2, 0.25) is 0 Å². The number of benzene rings is 1. The molecule has 16 heavy (non-hydrogen) atoms. The van der Waals surface area contributed by atoms with Gasteiger partial charge in [0.15, 0.2) is 6.29 Å². The Morgan fingerprint density at radius 2 is 1.94 bits per heavy atom. The van der Waals surface area contributed by atoms with E-state index in [4.69, 9.17) is 0 Å². The lowest BCUT2D eigenvalue weighted by Gasteiger charge is -2.18. The molecule has 2 rings (SSSR count). The van der Waals surface area contributed by atoms with Gasteiger partial charge >= 0.3 is 0 Å². The van der Waals surface area contributed by atoms with Gasteiger partial charge in [-0.15, -0.1) is 11.3 Å². The molecule has 0 aliphatic heterocycles. The van der Waals surface area contributed by atoms with Crippen LogP contribution in [0, 0.1) is 6.92 Å². The Balaban J connectivity index is 2.73. The summed E-state index contributed by atoms with van der Waals surface area (Å²) in [6.07, 6.45) is 0.973. The quantitative estimate of drug-likeness (QED) is 0.669. The number of thiophene rings is 1. The number of rotatable bonds is 1. The summed E-state index contributed by atoms with van der Waals surface area (Å²) in [6.45, 7) is 8.57. The topological polar surface area (TPSA) is 17.1 Å². The lowest BCUT2D eigenvalue weighted by molar-refractivity contribution is 0.112. The molecule has 0 N–H and O–H groups in total. The molecule has 1 aromatic heterocycles. The molecule has 0 fully saturated rings. The molecule has 0 unspecified atom stereocenters. The van der Waals surface area contributed by atoms with Gasteiger partial charge in [-0.2, -0.15) is 0 Å². The monoisotopic (exact) mass is 232 g/mol. The van der Waals surface area contributed by atoms with Crippen LogP contribution in [0.4, 0.5) is 0 Å². The van der Waals surface area contributed by atoms with E-state index in [1.165, 1.54) is 10.3 Å². The van der Waals surface area contributed by atoms with Crippen molar-refractivity contribution in [3.8, 4) is 0 Å². The summed E-state index contributed by atoms with van der Waals surface area (Å²) in [7, 11) is 0. The van der Waals surface area contributed by atoms with Crippen LogP contribution in [0.1, 0.15) is 41.6 Å². The zero-order chi connectivity index (χ0) is 11.9. The number of hydrogen-bond donors (Lipinski definition) is 0. The molecule has 0 bridgehead atoms. The van der Waals surface area contributed by atoms with Crippen molar-refractivity contribution in [2.24, 2.45) is 0 Å². The van der Waals surface area contributed by atoms with Crippen LogP contribution in [0.15, 0.2) is 18.2 Å². The van der Waals surface area contributed by atoms with Crippen molar-refractivity contribution >= 4 is 27.7 Å². The molecule has 2 heteroatoms. The highest BCUT2D eigenvalue weighted by Crippen LogP contribution is 2.33. The molecule has 0 aliphatic rings. The van der Waals surface area contributed by atoms with Crippen LogP contribution in [0.3, 0.4) is 0 Å². The van der Waals surface area contributed by atoms with E-state index in [-0.39, 0.29) is 5.41 Å². The molecular formula is C14H16OS. The van der Waals surface area contributed by atoms with Crippen molar-refractivity contribution in [3.63, 3.8) is 0 Å². The van der Waals surface area contributed by atoms with Crippen molar-refractivity contribution in [3.05, 3.63) is 34.2 Å². The fourth-order valence-corrected chi connectivity index (χ4v) is 2.86. The summed E-state index contributed by atoms with van der Waals surface area (Å²) < 4.78 is 1.20. The highest BCUT2D eigenvalue weighted by molar-refractivity contribution is 7.19. The van der Waals surface area contributed by atoms with E-state index in [0.29, 0.717) is 0 Å². The first-order chi connectivity index (χ1) is 7.43. The van der Waals surface area contributed by atoms with E-state index in [1.807, 2.05) is 6.92 Å². The van der Waals surface area contributed by atoms with Gasteiger partial charge in [-0.25, -0.2) is 0 Å². The molecule has 0 aliphatic carbocycles. The minimum Gasteiger partial charge on any atom is -0.298 e. The van der Waals surface area contributed by atoms with E-state index in [0.717, 1.165) is 22.1 Å². The maximum absolute atomic E-state index is 11.1. The number of carbonyl (C=O) groups excluding carboxylic acids is 1. The standard InChI is InChI=1S/C14H16OS/c1-9-12(8-15)11-7-10(14(2,3)4)5-6-13(11)16-9/h5-8H,1-4H3. The summed E-state index contributed by atoms with van der Waals surface area (Å²) >= 11 is 1.69. The number of fused-ring (bicyclic) bond motifs is 1. The molecule has 84 valence electrons. The molecule has 1 heterocycles. The number of carbonyl (C=O) groups is 1. The fourth-order valence-electron chi connectivity index (χ4n) is 1.85. The van der Waals surface area contributed by atoms with E-state index in [2.05, 4.69) is 39.0 Å². The molecule has 0 saturated carbocycles. The lowest BCUT2D eigenvalue weighted by Crippen LogP contribution is -2.10. The molecule has 0 amide bonds. The lowest BCUT2D eigenvalue weighted by atomic mass is 9.86. The van der Waals surface area contributed by atoms with E-state index in [1.54, 1.807) is 11.3 Å². The highest BCUT2D eigenvalue weighted by atomic mass is 32.1. The maximum Gasteiger partial charge on any atom is 0.151 e. The van der Waals surface area contributed by atoms with E-state index < -0.39 is 0 Å². The first-order valence-electron chi connectivity index (χ1n) is 5.42. The second-order valence-corrected chi connectivity index (χ2v) is 6.41. The van der Waals surface area contributed by atoms with Gasteiger partial charge in [0.05, 0.1) is 0 Å². The molecule has 0 radical (unpaired) electrons. The van der Waals surface area contributed by atoms with Crippen LogP contribution in [0.5, 0.6) is 0 Å². The summed E-state index contributed by atoms with van der Waals surface area (Å²) in [5.74, 6) is 0. The Labute approximate surface area is 100 Å². The maximum atomic E-state index is 11.1. The minimum absolute atomic E-state index is 0.129. The first kappa shape index (κ1) is 11.3. The number of aldehydes is 1. The Kier molecular flexibility index (Phi) is 2.62. The molecule has 1 nitrogen and oxygen atoms in total. The van der Waals surface area contributed by atoms with Crippen molar-refractivity contribution in [2.45, 2.75) is 33.1 Å². The molecule has 1 aromatic carbocycles. The van der Waals surface area contributed by atoms with Crippen LogP contribution in [-0.2, 0) is 5.41 Å². The molecule has 0 saturated heterocycles. The Morgan fingerprint density at radius 1 is 1.25 bits per heavy atom. The van der Waals surface area contributed by atoms with Crippen LogP contribution in [0.25, 0.3) is 10.1 Å². The number of hydrogen-bond acceptors (Lipinski definition) is 2. The van der Waals surface area contributed by atoms with Gasteiger partial charge in [-0.1, -0.05) is 26.8 Å². The molecule has 2 aromatic rings. The van der Waals surface area contributed by atoms with Crippen molar-refractivity contribution in [1.29, 1.82) is 0 Å². The average Bonchev–Trinajstić information content (AvgIpc) is 2.50. The second-order valence-electron chi connectivity index (χ2n) is 5.15. The Hall–Kier alpha value is -1.15. The molecule has 0 spiro atoms. The van der Waals surface area contributed by atoms with Gasteiger partial charge < -0.3 is 0 Å². The second kappa shape index (κ2) is 3.70. The van der Waals surface area contributed by atoms with Gasteiger partial charge in [-0.3, -0.25) is 4.79 Å². The fraction of sp³-hybridized carbons (Fsp3) is 0.357. The predicted octanol–water partition coefficient (Wildman–Crippen LogP) is 4.32. The van der Waals surface area contributed by atoms with Crippen molar-refractivity contribution < 1.29 is 4.79 Å². The van der Waals surface area contributed by atoms with E-state index >= 15 is 0 Å². The third kappa shape index (κ3) is 1.78. The van der Waals surface area contributed by atoms with Gasteiger partial charge in [-0.05, 0) is 30.0 Å². The Morgan fingerprint density at radius 3 is 2.50 bits per heavy atom. The average molecular weight is 232 g/mol. The Bertz CT molecular complexity index is 544.